The van der Waals surface area contributed by atoms with Crippen molar-refractivity contribution in [2.75, 3.05) is 6.79 Å². The fourth-order valence-corrected chi connectivity index (χ4v) is 3.97. The van der Waals surface area contributed by atoms with Crippen LogP contribution in [0.25, 0.3) is 16.8 Å². The molecule has 1 unspecified atom stereocenters. The highest BCUT2D eigenvalue weighted by atomic mass is 16.7. The maximum atomic E-state index is 12.3. The predicted octanol–water partition coefficient (Wildman–Crippen LogP) is 2.97. The molecule has 0 spiro atoms. The van der Waals surface area contributed by atoms with Crippen molar-refractivity contribution in [1.29, 1.82) is 0 Å². The van der Waals surface area contributed by atoms with E-state index in [2.05, 4.69) is 28.2 Å². The largest absolute Gasteiger partial charge is 0.469 e. The molecule has 126 valence electrons. The molecule has 1 aliphatic heterocycles. The van der Waals surface area contributed by atoms with Gasteiger partial charge in [-0.2, -0.15) is 4.98 Å². The molecule has 1 aromatic carbocycles. The molecule has 1 fully saturated rings. The monoisotopic (exact) mass is 334 g/mol. The number of hydrogen-bond donors (Lipinski definition) is 1. The Balaban J connectivity index is 1.69. The molecule has 5 rings (SSSR count). The summed E-state index contributed by atoms with van der Waals surface area (Å²) < 4.78 is 11.1. The molecule has 3 aliphatic rings. The minimum absolute atomic E-state index is 0.0604. The Morgan fingerprint density at radius 1 is 1.16 bits per heavy atom. The lowest BCUT2D eigenvalue weighted by atomic mass is 9.92. The van der Waals surface area contributed by atoms with Crippen molar-refractivity contribution < 1.29 is 9.47 Å². The fraction of sp³-hybridized carbons (Fsp3) is 0.300. The standard InChI is InChI=1S/C20H18N2O3/c23-20-21-18(13-8-9-16-17(10-13)25-11-24-16)15-7-3-5-12-4-1-2-6-14(12)19(15)22-20/h1-2,4,6,8-9,17H,3,5,7,10-11H2,(H,21,22,23). The van der Waals surface area contributed by atoms with Crippen LogP contribution in [0.15, 0.2) is 47.0 Å². The first-order valence-electron chi connectivity index (χ1n) is 8.66. The molecule has 5 heteroatoms. The van der Waals surface area contributed by atoms with Gasteiger partial charge in [-0.05, 0) is 36.5 Å². The van der Waals surface area contributed by atoms with Crippen LogP contribution in [-0.4, -0.2) is 22.9 Å². The Bertz CT molecular complexity index is 971. The number of nitrogens with zero attached hydrogens (tertiary/aromatic N) is 1. The number of aromatic nitrogens is 2. The van der Waals surface area contributed by atoms with Gasteiger partial charge in [0.05, 0.1) is 11.4 Å². The van der Waals surface area contributed by atoms with Gasteiger partial charge in [0.25, 0.3) is 0 Å². The third kappa shape index (κ3) is 2.43. The number of rotatable bonds is 1. The van der Waals surface area contributed by atoms with Crippen LogP contribution in [-0.2, 0) is 22.3 Å². The molecule has 1 saturated heterocycles. The maximum Gasteiger partial charge on any atom is 0.345 e. The van der Waals surface area contributed by atoms with Crippen molar-refractivity contribution in [2.24, 2.45) is 0 Å². The van der Waals surface area contributed by atoms with E-state index in [9.17, 15) is 4.79 Å². The van der Waals surface area contributed by atoms with Crippen LogP contribution in [0.4, 0.5) is 0 Å². The molecule has 0 bridgehead atoms. The first-order valence-corrected chi connectivity index (χ1v) is 8.66. The normalized spacial score (nSPS) is 21.2. The van der Waals surface area contributed by atoms with Crippen LogP contribution >= 0.6 is 0 Å². The quantitative estimate of drug-likeness (QED) is 0.871. The van der Waals surface area contributed by atoms with Gasteiger partial charge in [0.1, 0.15) is 11.9 Å². The first kappa shape index (κ1) is 14.7. The molecule has 1 N–H and O–H groups in total. The van der Waals surface area contributed by atoms with Crippen molar-refractivity contribution in [3.8, 4) is 11.3 Å². The van der Waals surface area contributed by atoms with Crippen LogP contribution in [0.3, 0.4) is 0 Å². The third-order valence-corrected chi connectivity index (χ3v) is 5.16. The van der Waals surface area contributed by atoms with E-state index in [0.29, 0.717) is 13.2 Å². The van der Waals surface area contributed by atoms with Gasteiger partial charge in [0, 0.05) is 17.5 Å². The van der Waals surface area contributed by atoms with Crippen molar-refractivity contribution in [3.05, 3.63) is 69.5 Å². The van der Waals surface area contributed by atoms with Gasteiger partial charge in [0.15, 0.2) is 6.79 Å². The topological polar surface area (TPSA) is 64.2 Å². The fourth-order valence-electron chi connectivity index (χ4n) is 3.97. The van der Waals surface area contributed by atoms with E-state index < -0.39 is 0 Å². The second-order valence-corrected chi connectivity index (χ2v) is 6.64. The number of H-pyrrole nitrogens is 1. The summed E-state index contributed by atoms with van der Waals surface area (Å²) in [5, 5.41) is 0. The van der Waals surface area contributed by atoms with E-state index in [1.807, 2.05) is 18.2 Å². The lowest BCUT2D eigenvalue weighted by Crippen LogP contribution is -2.19. The van der Waals surface area contributed by atoms with Crippen LogP contribution in [0.5, 0.6) is 0 Å². The summed E-state index contributed by atoms with van der Waals surface area (Å²) in [5.74, 6) is 0.866. The molecule has 0 amide bonds. The van der Waals surface area contributed by atoms with Gasteiger partial charge in [-0.1, -0.05) is 30.3 Å². The lowest BCUT2D eigenvalue weighted by Gasteiger charge is -2.19. The molecule has 1 aromatic heterocycles. The third-order valence-electron chi connectivity index (χ3n) is 5.16. The van der Waals surface area contributed by atoms with Gasteiger partial charge in [-0.15, -0.1) is 0 Å². The molecule has 1 atom stereocenters. The molecule has 2 heterocycles. The van der Waals surface area contributed by atoms with Gasteiger partial charge in [0.2, 0.25) is 0 Å². The lowest BCUT2D eigenvalue weighted by molar-refractivity contribution is 0.0515. The van der Waals surface area contributed by atoms with Crippen molar-refractivity contribution in [2.45, 2.75) is 31.8 Å². The molecule has 2 aromatic rings. The second-order valence-electron chi connectivity index (χ2n) is 6.64. The summed E-state index contributed by atoms with van der Waals surface area (Å²) in [4.78, 5) is 19.6. The van der Waals surface area contributed by atoms with E-state index in [1.165, 1.54) is 5.56 Å². The predicted molar refractivity (Wildman–Crippen MR) is 93.8 cm³/mol. The van der Waals surface area contributed by atoms with Gasteiger partial charge < -0.3 is 14.5 Å². The Morgan fingerprint density at radius 2 is 2.08 bits per heavy atom. The SMILES string of the molecule is O=c1nc(C2=CC=C3OCOC3C2)c2c([nH]1)-c1ccccc1CCC2. The average molecular weight is 334 g/mol. The molecular weight excluding hydrogens is 316 g/mol. The highest BCUT2D eigenvalue weighted by Crippen LogP contribution is 2.37. The van der Waals surface area contributed by atoms with E-state index >= 15 is 0 Å². The highest BCUT2D eigenvalue weighted by Gasteiger charge is 2.30. The zero-order chi connectivity index (χ0) is 16.8. The van der Waals surface area contributed by atoms with Crippen LogP contribution in [0.2, 0.25) is 0 Å². The molecule has 0 radical (unpaired) electrons. The van der Waals surface area contributed by atoms with Gasteiger partial charge in [-0.3, -0.25) is 0 Å². The van der Waals surface area contributed by atoms with Gasteiger partial charge >= 0.3 is 5.69 Å². The Kier molecular flexibility index (Phi) is 3.35. The summed E-state index contributed by atoms with van der Waals surface area (Å²) in [6.07, 6.45) is 7.54. The molecule has 2 aliphatic carbocycles. The van der Waals surface area contributed by atoms with Crippen molar-refractivity contribution >= 4 is 5.57 Å². The average Bonchev–Trinajstić information content (AvgIpc) is 3.02. The first-order chi connectivity index (χ1) is 12.3. The minimum Gasteiger partial charge on any atom is -0.469 e. The van der Waals surface area contributed by atoms with Crippen molar-refractivity contribution in [1.82, 2.24) is 9.97 Å². The van der Waals surface area contributed by atoms with E-state index in [-0.39, 0.29) is 11.8 Å². The number of hydrogen-bond acceptors (Lipinski definition) is 4. The number of aryl methyl sites for hydroxylation is 1. The number of ether oxygens (including phenoxy) is 2. The van der Waals surface area contributed by atoms with E-state index in [1.54, 1.807) is 0 Å². The van der Waals surface area contributed by atoms with E-state index in [0.717, 1.165) is 53.1 Å². The number of benzene rings is 1. The summed E-state index contributed by atoms with van der Waals surface area (Å²) in [6.45, 7) is 0.298. The molecule has 25 heavy (non-hydrogen) atoms. The van der Waals surface area contributed by atoms with Crippen LogP contribution in [0.1, 0.15) is 29.7 Å². The number of aromatic amines is 1. The van der Waals surface area contributed by atoms with Crippen LogP contribution in [0, 0.1) is 0 Å². The summed E-state index contributed by atoms with van der Waals surface area (Å²) in [5.41, 5.74) is 5.99. The highest BCUT2D eigenvalue weighted by molar-refractivity contribution is 5.76. The smallest absolute Gasteiger partial charge is 0.345 e. The minimum atomic E-state index is -0.301. The number of allylic oxidation sites excluding steroid dienone is 2. The summed E-state index contributed by atoms with van der Waals surface area (Å²) in [6, 6.07) is 8.30. The second kappa shape index (κ2) is 5.70. The van der Waals surface area contributed by atoms with Crippen LogP contribution < -0.4 is 5.69 Å². The number of fused-ring (bicyclic) bond motifs is 4. The molecule has 0 saturated carbocycles. The number of nitrogens with one attached hydrogen (secondary N) is 1. The zero-order valence-electron chi connectivity index (χ0n) is 13.7. The molecule has 5 nitrogen and oxygen atoms in total. The Labute approximate surface area is 145 Å². The van der Waals surface area contributed by atoms with Crippen molar-refractivity contribution in [3.63, 3.8) is 0 Å². The summed E-state index contributed by atoms with van der Waals surface area (Å²) in [7, 11) is 0. The Hall–Kier alpha value is -2.66. The Morgan fingerprint density at radius 3 is 3.04 bits per heavy atom. The van der Waals surface area contributed by atoms with E-state index in [4.69, 9.17) is 9.47 Å². The summed E-state index contributed by atoms with van der Waals surface area (Å²) >= 11 is 0. The van der Waals surface area contributed by atoms with Gasteiger partial charge in [-0.25, -0.2) is 4.79 Å². The molecular formula is C20H18N2O3. The maximum absolute atomic E-state index is 12.3. The zero-order valence-corrected chi connectivity index (χ0v) is 13.7.